The van der Waals surface area contributed by atoms with E-state index in [1.807, 2.05) is 6.92 Å². The fourth-order valence-electron chi connectivity index (χ4n) is 1.89. The number of hydrogen-bond donors (Lipinski definition) is 0. The van der Waals surface area contributed by atoms with Crippen LogP contribution in [0.25, 0.3) is 0 Å². The van der Waals surface area contributed by atoms with Gasteiger partial charge in [-0.05, 0) is 27.7 Å². The molecule has 23 heavy (non-hydrogen) atoms. The maximum Gasteiger partial charge on any atom is 0.350 e. The van der Waals surface area contributed by atoms with E-state index in [-0.39, 0.29) is 24.4 Å². The first-order valence-electron chi connectivity index (χ1n) is 7.32. The van der Waals surface area contributed by atoms with Crippen LogP contribution in [0.5, 0.6) is 17.8 Å². The minimum absolute atomic E-state index is 0.0629. The van der Waals surface area contributed by atoms with Crippen molar-refractivity contribution < 1.29 is 28.5 Å². The number of ether oxygens (including phenoxy) is 5. The first-order chi connectivity index (χ1) is 10.9. The molecule has 0 aliphatic carbocycles. The van der Waals surface area contributed by atoms with E-state index in [2.05, 4.69) is 9.97 Å². The Bertz CT molecular complexity index is 498. The summed E-state index contributed by atoms with van der Waals surface area (Å²) < 4.78 is 26.4. The number of nitrogens with zero attached hydrogens (tertiary/aromatic N) is 2. The fourth-order valence-corrected chi connectivity index (χ4v) is 1.89. The Morgan fingerprint density at radius 1 is 1.13 bits per heavy atom. The van der Waals surface area contributed by atoms with Crippen molar-refractivity contribution in [2.75, 3.05) is 27.4 Å². The molecule has 0 saturated carbocycles. The molecule has 0 bridgehead atoms. The number of methoxy groups -OCH3 is 2. The Labute approximate surface area is 136 Å². The largest absolute Gasteiger partial charge is 0.481 e. The Morgan fingerprint density at radius 3 is 2.13 bits per heavy atom. The van der Waals surface area contributed by atoms with Gasteiger partial charge >= 0.3 is 12.0 Å². The molecule has 0 fully saturated rings. The van der Waals surface area contributed by atoms with Crippen molar-refractivity contribution in [3.63, 3.8) is 0 Å². The predicted octanol–water partition coefficient (Wildman–Crippen LogP) is 1.62. The first-order valence-corrected chi connectivity index (χ1v) is 7.32. The molecule has 0 aliphatic heterocycles. The van der Waals surface area contributed by atoms with E-state index in [0.29, 0.717) is 6.61 Å². The number of carbonyl (C=O) groups excluding carboxylic acids is 1. The molecule has 1 atom stereocenters. The van der Waals surface area contributed by atoms with Crippen molar-refractivity contribution >= 4 is 5.97 Å². The zero-order valence-corrected chi connectivity index (χ0v) is 14.4. The van der Waals surface area contributed by atoms with E-state index in [1.165, 1.54) is 20.3 Å². The van der Waals surface area contributed by atoms with Crippen molar-refractivity contribution in [2.45, 2.75) is 39.4 Å². The highest BCUT2D eigenvalue weighted by Crippen LogP contribution is 2.24. The summed E-state index contributed by atoms with van der Waals surface area (Å²) in [5.74, 6) is -0.0521. The van der Waals surface area contributed by atoms with E-state index >= 15 is 0 Å². The Balaban J connectivity index is 3.12. The molecule has 8 nitrogen and oxygen atoms in total. The minimum atomic E-state index is -1.04. The van der Waals surface area contributed by atoms with Gasteiger partial charge in [-0.25, -0.2) is 4.79 Å². The summed E-state index contributed by atoms with van der Waals surface area (Å²) in [4.78, 5) is 20.3. The molecule has 0 radical (unpaired) electrons. The molecular weight excluding hydrogens is 304 g/mol. The van der Waals surface area contributed by atoms with Gasteiger partial charge in [0.05, 0.1) is 26.9 Å². The summed E-state index contributed by atoms with van der Waals surface area (Å²) in [7, 11) is 2.91. The molecule has 0 amide bonds. The van der Waals surface area contributed by atoms with Gasteiger partial charge in [0.2, 0.25) is 17.9 Å². The molecule has 8 heteroatoms. The third kappa shape index (κ3) is 5.24. The molecule has 1 aromatic rings. The molecule has 1 unspecified atom stereocenters. The lowest BCUT2D eigenvalue weighted by atomic mass is 10.0. The second-order valence-electron chi connectivity index (χ2n) is 5.02. The smallest absolute Gasteiger partial charge is 0.350 e. The van der Waals surface area contributed by atoms with Gasteiger partial charge in [-0.1, -0.05) is 0 Å². The molecule has 0 aliphatic rings. The third-order valence-electron chi connectivity index (χ3n) is 2.95. The number of esters is 1. The van der Waals surface area contributed by atoms with E-state index in [9.17, 15) is 4.79 Å². The van der Waals surface area contributed by atoms with Crippen LogP contribution in [-0.2, 0) is 14.3 Å². The van der Waals surface area contributed by atoms with Gasteiger partial charge in [0.15, 0.2) is 0 Å². The maximum absolute atomic E-state index is 12.2. The number of hydrogen-bond acceptors (Lipinski definition) is 8. The second-order valence-corrected chi connectivity index (χ2v) is 5.02. The van der Waals surface area contributed by atoms with Crippen LogP contribution in [0.1, 0.15) is 27.7 Å². The topological polar surface area (TPSA) is 89.0 Å². The molecule has 0 spiro atoms. The maximum atomic E-state index is 12.2. The zero-order valence-electron chi connectivity index (χ0n) is 14.4. The molecule has 0 N–H and O–H groups in total. The normalized spacial score (nSPS) is 12.4. The van der Waals surface area contributed by atoms with E-state index in [0.717, 1.165) is 0 Å². The average molecular weight is 328 g/mol. The Morgan fingerprint density at radius 2 is 1.70 bits per heavy atom. The minimum Gasteiger partial charge on any atom is -0.481 e. The molecule has 1 rings (SSSR count). The Hall–Kier alpha value is -2.09. The van der Waals surface area contributed by atoms with Gasteiger partial charge in [0, 0.05) is 6.61 Å². The van der Waals surface area contributed by atoms with Gasteiger partial charge < -0.3 is 23.7 Å². The van der Waals surface area contributed by atoms with Crippen LogP contribution >= 0.6 is 0 Å². The van der Waals surface area contributed by atoms with Crippen molar-refractivity contribution in [3.05, 3.63) is 6.07 Å². The van der Waals surface area contributed by atoms with E-state index in [4.69, 9.17) is 23.7 Å². The van der Waals surface area contributed by atoms with Crippen LogP contribution in [0, 0.1) is 0 Å². The standard InChI is InChI=1S/C15H24N2O6/c1-7-21-13(18)12(15(3,4)22-8-2)23-14-16-10(19-5)9-11(17-14)20-6/h9,12H,7-8H2,1-6H3. The molecule has 0 saturated heterocycles. The fraction of sp³-hybridized carbons (Fsp3) is 0.667. The van der Waals surface area contributed by atoms with Crippen molar-refractivity contribution in [2.24, 2.45) is 0 Å². The highest BCUT2D eigenvalue weighted by atomic mass is 16.6. The summed E-state index contributed by atoms with van der Waals surface area (Å²) in [6, 6.07) is 1.44. The summed E-state index contributed by atoms with van der Waals surface area (Å²) in [5, 5.41) is 0. The molecular formula is C15H24N2O6. The van der Waals surface area contributed by atoms with Crippen LogP contribution in [0.4, 0.5) is 0 Å². The lowest BCUT2D eigenvalue weighted by molar-refractivity contribution is -0.168. The molecule has 130 valence electrons. The van der Waals surface area contributed by atoms with Crippen molar-refractivity contribution in [1.29, 1.82) is 0 Å². The lowest BCUT2D eigenvalue weighted by Gasteiger charge is -2.31. The summed E-state index contributed by atoms with van der Waals surface area (Å²) in [5.41, 5.74) is -0.930. The monoisotopic (exact) mass is 328 g/mol. The zero-order chi connectivity index (χ0) is 17.5. The molecule has 1 heterocycles. The highest BCUT2D eigenvalue weighted by molar-refractivity contribution is 5.76. The van der Waals surface area contributed by atoms with E-state index < -0.39 is 17.7 Å². The summed E-state index contributed by atoms with van der Waals surface area (Å²) in [6.07, 6.45) is -1.04. The third-order valence-corrected chi connectivity index (χ3v) is 2.95. The predicted molar refractivity (Wildman–Crippen MR) is 81.9 cm³/mol. The molecule has 0 aromatic carbocycles. The van der Waals surface area contributed by atoms with Crippen molar-refractivity contribution in [1.82, 2.24) is 9.97 Å². The average Bonchev–Trinajstić information content (AvgIpc) is 2.52. The number of rotatable bonds is 9. The van der Waals surface area contributed by atoms with Gasteiger partial charge in [-0.2, -0.15) is 9.97 Å². The van der Waals surface area contributed by atoms with Crippen LogP contribution in [-0.4, -0.2) is 55.1 Å². The van der Waals surface area contributed by atoms with Crippen LogP contribution in [0.15, 0.2) is 6.07 Å². The van der Waals surface area contributed by atoms with Crippen LogP contribution in [0.3, 0.4) is 0 Å². The summed E-state index contributed by atoms with van der Waals surface area (Å²) in [6.45, 7) is 7.64. The van der Waals surface area contributed by atoms with Gasteiger partial charge in [0.1, 0.15) is 5.60 Å². The second kappa shape index (κ2) is 8.52. The number of aromatic nitrogens is 2. The molecule has 1 aromatic heterocycles. The van der Waals surface area contributed by atoms with Gasteiger partial charge in [0.25, 0.3) is 0 Å². The Kier molecular flexibility index (Phi) is 7.02. The number of carbonyl (C=O) groups is 1. The summed E-state index contributed by atoms with van der Waals surface area (Å²) >= 11 is 0. The van der Waals surface area contributed by atoms with Gasteiger partial charge in [-0.3, -0.25) is 0 Å². The highest BCUT2D eigenvalue weighted by Gasteiger charge is 2.40. The lowest BCUT2D eigenvalue weighted by Crippen LogP contribution is -2.49. The van der Waals surface area contributed by atoms with Crippen LogP contribution < -0.4 is 14.2 Å². The van der Waals surface area contributed by atoms with E-state index in [1.54, 1.807) is 20.8 Å². The SMILES string of the molecule is CCOC(=O)C(Oc1nc(OC)cc(OC)n1)C(C)(C)OCC. The van der Waals surface area contributed by atoms with Crippen LogP contribution in [0.2, 0.25) is 0 Å². The first kappa shape index (κ1) is 19.0. The van der Waals surface area contributed by atoms with Gasteiger partial charge in [-0.15, -0.1) is 0 Å². The quantitative estimate of drug-likeness (QED) is 0.632. The van der Waals surface area contributed by atoms with Crippen molar-refractivity contribution in [3.8, 4) is 17.8 Å².